The summed E-state index contributed by atoms with van der Waals surface area (Å²) in [7, 11) is -1.86. The third-order valence-corrected chi connectivity index (χ3v) is 8.68. The van der Waals surface area contributed by atoms with Gasteiger partial charge in [0.25, 0.3) is 5.69 Å². The van der Waals surface area contributed by atoms with Gasteiger partial charge in [0, 0.05) is 19.1 Å². The Morgan fingerprint density at radius 3 is 2.52 bits per heavy atom. The maximum absolute atomic E-state index is 11.2. The van der Waals surface area contributed by atoms with Crippen molar-refractivity contribution in [3.8, 4) is 5.75 Å². The predicted octanol–water partition coefficient (Wildman–Crippen LogP) is 3.95. The summed E-state index contributed by atoms with van der Waals surface area (Å²) in [6.07, 6.45) is 0.439. The number of nitro groups is 1. The van der Waals surface area contributed by atoms with Gasteiger partial charge in [-0.2, -0.15) is 0 Å². The Morgan fingerprint density at radius 2 is 2.00 bits per heavy atom. The standard InChI is InChI=1S/C16H25NO5Si/c1-16(2,3)23(4,5)21-10-9-15(12-18)22-14-8-6-7-13(11-14)17(19)20/h6-8,11-12,15H,9-10H2,1-5H3/t15-/m0/s1. The highest BCUT2D eigenvalue weighted by atomic mass is 28.4. The summed E-state index contributed by atoms with van der Waals surface area (Å²) >= 11 is 0. The lowest BCUT2D eigenvalue weighted by Gasteiger charge is -2.36. The maximum Gasteiger partial charge on any atom is 0.273 e. The van der Waals surface area contributed by atoms with Gasteiger partial charge in [-0.25, -0.2) is 0 Å². The first kappa shape index (κ1) is 19.3. The summed E-state index contributed by atoms with van der Waals surface area (Å²) in [6.45, 7) is 11.2. The lowest BCUT2D eigenvalue weighted by atomic mass is 10.2. The van der Waals surface area contributed by atoms with Crippen molar-refractivity contribution >= 4 is 20.3 Å². The van der Waals surface area contributed by atoms with Crippen molar-refractivity contribution in [2.45, 2.75) is 51.4 Å². The minimum absolute atomic E-state index is 0.0651. The Hall–Kier alpha value is -1.73. The van der Waals surface area contributed by atoms with Gasteiger partial charge in [-0.05, 0) is 24.2 Å². The molecule has 0 heterocycles. The molecule has 0 N–H and O–H groups in total. The van der Waals surface area contributed by atoms with Crippen molar-refractivity contribution in [3.05, 3.63) is 34.4 Å². The average Bonchev–Trinajstić information content (AvgIpc) is 2.45. The maximum atomic E-state index is 11.2. The number of ether oxygens (including phenoxy) is 1. The molecule has 0 saturated carbocycles. The van der Waals surface area contributed by atoms with E-state index in [1.807, 2.05) is 0 Å². The fraction of sp³-hybridized carbons (Fsp3) is 0.562. The molecular weight excluding hydrogens is 314 g/mol. The SMILES string of the molecule is CC(C)(C)[Si](C)(C)OCC[C@@H](C=O)Oc1cccc([N+](=O)[O-])c1. The van der Waals surface area contributed by atoms with Gasteiger partial charge in [-0.3, -0.25) is 14.9 Å². The van der Waals surface area contributed by atoms with Gasteiger partial charge in [0.05, 0.1) is 11.0 Å². The van der Waals surface area contributed by atoms with E-state index in [0.29, 0.717) is 25.1 Å². The largest absolute Gasteiger partial charge is 0.483 e. The number of carbonyl (C=O) groups excluding carboxylic acids is 1. The fourth-order valence-corrected chi connectivity index (χ4v) is 2.71. The van der Waals surface area contributed by atoms with Crippen LogP contribution in [-0.2, 0) is 9.22 Å². The van der Waals surface area contributed by atoms with Crippen LogP contribution in [0.3, 0.4) is 0 Å². The number of nitrogens with zero attached hydrogens (tertiary/aromatic N) is 1. The first-order chi connectivity index (χ1) is 10.6. The number of carbonyl (C=O) groups is 1. The van der Waals surface area contributed by atoms with Gasteiger partial charge >= 0.3 is 0 Å². The first-order valence-corrected chi connectivity index (χ1v) is 10.5. The van der Waals surface area contributed by atoms with E-state index in [-0.39, 0.29) is 10.7 Å². The molecule has 23 heavy (non-hydrogen) atoms. The zero-order chi connectivity index (χ0) is 17.7. The summed E-state index contributed by atoms with van der Waals surface area (Å²) in [5, 5.41) is 10.9. The summed E-state index contributed by atoms with van der Waals surface area (Å²) in [6, 6.07) is 5.81. The summed E-state index contributed by atoms with van der Waals surface area (Å²) < 4.78 is 11.5. The molecule has 0 aromatic heterocycles. The van der Waals surface area contributed by atoms with Gasteiger partial charge in [-0.1, -0.05) is 26.8 Å². The summed E-state index contributed by atoms with van der Waals surface area (Å²) in [5.41, 5.74) is -0.0651. The minimum Gasteiger partial charge on any atom is -0.483 e. The molecule has 1 aromatic rings. The highest BCUT2D eigenvalue weighted by molar-refractivity contribution is 6.74. The second-order valence-electron chi connectivity index (χ2n) is 6.94. The fourth-order valence-electron chi connectivity index (χ4n) is 1.65. The van der Waals surface area contributed by atoms with Gasteiger partial charge in [-0.15, -0.1) is 0 Å². The van der Waals surface area contributed by atoms with Crippen molar-refractivity contribution in [1.82, 2.24) is 0 Å². The van der Waals surface area contributed by atoms with Crippen LogP contribution >= 0.6 is 0 Å². The van der Waals surface area contributed by atoms with E-state index in [9.17, 15) is 14.9 Å². The lowest BCUT2D eigenvalue weighted by Crippen LogP contribution is -2.41. The van der Waals surface area contributed by atoms with Gasteiger partial charge < -0.3 is 9.16 Å². The Morgan fingerprint density at radius 1 is 1.35 bits per heavy atom. The summed E-state index contributed by atoms with van der Waals surface area (Å²) in [5.74, 6) is 0.309. The second-order valence-corrected chi connectivity index (χ2v) is 11.8. The Kier molecular flexibility index (Phi) is 6.46. The van der Waals surface area contributed by atoms with Crippen LogP contribution in [0.15, 0.2) is 24.3 Å². The molecular formula is C16H25NO5Si. The van der Waals surface area contributed by atoms with E-state index in [4.69, 9.17) is 9.16 Å². The molecule has 0 fully saturated rings. The molecule has 0 aliphatic heterocycles. The molecule has 0 radical (unpaired) electrons. The molecule has 0 amide bonds. The van der Waals surface area contributed by atoms with Gasteiger partial charge in [0.15, 0.2) is 20.7 Å². The molecule has 0 spiro atoms. The van der Waals surface area contributed by atoms with Crippen molar-refractivity contribution in [1.29, 1.82) is 0 Å². The molecule has 1 aromatic carbocycles. The molecule has 0 unspecified atom stereocenters. The number of aldehydes is 1. The smallest absolute Gasteiger partial charge is 0.273 e. The Bertz CT molecular complexity index is 554. The van der Waals surface area contributed by atoms with Crippen molar-refractivity contribution < 1.29 is 18.9 Å². The number of rotatable bonds is 8. The predicted molar refractivity (Wildman–Crippen MR) is 91.3 cm³/mol. The van der Waals surface area contributed by atoms with Crippen molar-refractivity contribution in [2.75, 3.05) is 6.61 Å². The van der Waals surface area contributed by atoms with Crippen LogP contribution in [0.1, 0.15) is 27.2 Å². The quantitative estimate of drug-likeness (QED) is 0.310. The molecule has 0 saturated heterocycles. The van der Waals surface area contributed by atoms with Crippen LogP contribution in [0.4, 0.5) is 5.69 Å². The minimum atomic E-state index is -1.86. The van der Waals surface area contributed by atoms with Crippen LogP contribution in [-0.4, -0.2) is 32.2 Å². The number of nitro benzene ring substituents is 1. The lowest BCUT2D eigenvalue weighted by molar-refractivity contribution is -0.384. The van der Waals surface area contributed by atoms with Crippen molar-refractivity contribution in [2.24, 2.45) is 0 Å². The molecule has 1 atom stereocenters. The van der Waals surface area contributed by atoms with Gasteiger partial charge in [0.1, 0.15) is 5.75 Å². The Balaban J connectivity index is 2.60. The average molecular weight is 339 g/mol. The third kappa shape index (κ3) is 5.76. The van der Waals surface area contributed by atoms with Gasteiger partial charge in [0.2, 0.25) is 0 Å². The third-order valence-electron chi connectivity index (χ3n) is 4.14. The van der Waals surface area contributed by atoms with Crippen LogP contribution in [0, 0.1) is 10.1 Å². The van der Waals surface area contributed by atoms with Crippen LogP contribution in [0.25, 0.3) is 0 Å². The molecule has 1 rings (SSSR count). The normalized spacial score (nSPS) is 13.4. The highest BCUT2D eigenvalue weighted by Gasteiger charge is 2.37. The molecule has 6 nitrogen and oxygen atoms in total. The number of hydrogen-bond acceptors (Lipinski definition) is 5. The van der Waals surface area contributed by atoms with E-state index >= 15 is 0 Å². The second kappa shape index (κ2) is 7.70. The number of hydrogen-bond donors (Lipinski definition) is 0. The molecule has 7 heteroatoms. The highest BCUT2D eigenvalue weighted by Crippen LogP contribution is 2.36. The molecule has 0 aliphatic rings. The van der Waals surface area contributed by atoms with Crippen LogP contribution in [0.5, 0.6) is 5.75 Å². The topological polar surface area (TPSA) is 78.7 Å². The zero-order valence-electron chi connectivity index (χ0n) is 14.4. The van der Waals surface area contributed by atoms with E-state index in [2.05, 4.69) is 33.9 Å². The van der Waals surface area contributed by atoms with E-state index in [0.717, 1.165) is 0 Å². The first-order valence-electron chi connectivity index (χ1n) is 7.57. The van der Waals surface area contributed by atoms with E-state index < -0.39 is 19.3 Å². The van der Waals surface area contributed by atoms with E-state index in [1.54, 1.807) is 6.07 Å². The number of non-ortho nitro benzene ring substituents is 1. The molecule has 0 bridgehead atoms. The Labute approximate surface area is 138 Å². The molecule has 128 valence electrons. The van der Waals surface area contributed by atoms with Crippen molar-refractivity contribution in [3.63, 3.8) is 0 Å². The van der Waals surface area contributed by atoms with Crippen LogP contribution in [0.2, 0.25) is 18.1 Å². The summed E-state index contributed by atoms with van der Waals surface area (Å²) in [4.78, 5) is 21.4. The number of benzene rings is 1. The molecule has 0 aliphatic carbocycles. The van der Waals surface area contributed by atoms with E-state index in [1.165, 1.54) is 18.2 Å². The zero-order valence-corrected chi connectivity index (χ0v) is 15.4. The monoisotopic (exact) mass is 339 g/mol. The van der Waals surface area contributed by atoms with Crippen LogP contribution < -0.4 is 4.74 Å².